The van der Waals surface area contributed by atoms with Gasteiger partial charge >= 0.3 is 12.0 Å². The van der Waals surface area contributed by atoms with Gasteiger partial charge in [0.15, 0.2) is 0 Å². The average Bonchev–Trinajstić information content (AvgIpc) is 2.35. The Bertz CT molecular complexity index is 365. The van der Waals surface area contributed by atoms with Crippen molar-refractivity contribution >= 4 is 12.0 Å². The van der Waals surface area contributed by atoms with Crippen LogP contribution in [0.4, 0.5) is 4.79 Å². The highest BCUT2D eigenvalue weighted by atomic mass is 16.5. The van der Waals surface area contributed by atoms with Crippen molar-refractivity contribution in [1.29, 1.82) is 0 Å². The highest BCUT2D eigenvalue weighted by molar-refractivity contribution is 5.80. The number of esters is 1. The molecule has 0 radical (unpaired) electrons. The monoisotopic (exact) mass is 236 g/mol. The normalized spacial score (nSPS) is 9.47. The molecule has 0 bridgehead atoms. The van der Waals surface area contributed by atoms with Gasteiger partial charge < -0.3 is 15.4 Å². The molecule has 0 aliphatic carbocycles. The van der Waals surface area contributed by atoms with E-state index in [4.69, 9.17) is 4.74 Å². The second kappa shape index (κ2) is 7.27. The number of hydrogen-bond donors (Lipinski definition) is 2. The first kappa shape index (κ1) is 13.0. The molecule has 2 N–H and O–H groups in total. The summed E-state index contributed by atoms with van der Waals surface area (Å²) in [7, 11) is 0. The van der Waals surface area contributed by atoms with Crippen LogP contribution in [0.1, 0.15) is 12.5 Å². The second-order valence-corrected chi connectivity index (χ2v) is 3.36. The first-order valence-electron chi connectivity index (χ1n) is 5.43. The number of benzene rings is 1. The van der Waals surface area contributed by atoms with Gasteiger partial charge in [-0.2, -0.15) is 0 Å². The summed E-state index contributed by atoms with van der Waals surface area (Å²) >= 11 is 0. The van der Waals surface area contributed by atoms with E-state index in [-0.39, 0.29) is 19.2 Å². The van der Waals surface area contributed by atoms with Gasteiger partial charge in [0, 0.05) is 6.54 Å². The van der Waals surface area contributed by atoms with Crippen molar-refractivity contribution in [3.63, 3.8) is 0 Å². The van der Waals surface area contributed by atoms with Gasteiger partial charge in [0.2, 0.25) is 0 Å². The topological polar surface area (TPSA) is 67.4 Å². The minimum absolute atomic E-state index is 0.126. The van der Waals surface area contributed by atoms with Gasteiger partial charge in [-0.15, -0.1) is 0 Å². The molecule has 0 spiro atoms. The lowest BCUT2D eigenvalue weighted by Crippen LogP contribution is -2.38. The van der Waals surface area contributed by atoms with Crippen molar-refractivity contribution < 1.29 is 14.3 Å². The number of urea groups is 1. The van der Waals surface area contributed by atoms with Crippen LogP contribution >= 0.6 is 0 Å². The molecule has 5 nitrogen and oxygen atoms in total. The summed E-state index contributed by atoms with van der Waals surface area (Å²) in [5.74, 6) is -0.458. The van der Waals surface area contributed by atoms with Gasteiger partial charge in [-0.05, 0) is 12.5 Å². The number of nitrogens with one attached hydrogen (secondary N) is 2. The van der Waals surface area contributed by atoms with Gasteiger partial charge in [0.05, 0.1) is 0 Å². The smallest absolute Gasteiger partial charge is 0.325 e. The Balaban J connectivity index is 2.20. The molecule has 0 fully saturated rings. The van der Waals surface area contributed by atoms with E-state index >= 15 is 0 Å². The third-order valence-electron chi connectivity index (χ3n) is 1.97. The van der Waals surface area contributed by atoms with E-state index in [1.165, 1.54) is 0 Å². The van der Waals surface area contributed by atoms with Crippen LogP contribution in [0, 0.1) is 0 Å². The summed E-state index contributed by atoms with van der Waals surface area (Å²) in [6.07, 6.45) is 0. The zero-order chi connectivity index (χ0) is 12.5. The molecule has 2 amide bonds. The molecular formula is C12H16N2O3. The Hall–Kier alpha value is -2.04. The van der Waals surface area contributed by atoms with Crippen LogP contribution in [-0.4, -0.2) is 25.1 Å². The van der Waals surface area contributed by atoms with E-state index in [0.29, 0.717) is 6.54 Å². The van der Waals surface area contributed by atoms with Gasteiger partial charge in [0.25, 0.3) is 0 Å². The minimum atomic E-state index is -0.458. The van der Waals surface area contributed by atoms with Crippen molar-refractivity contribution in [2.24, 2.45) is 0 Å². The van der Waals surface area contributed by atoms with Crippen LogP contribution in [0.25, 0.3) is 0 Å². The predicted octanol–water partition coefficient (Wildman–Crippen LogP) is 1.05. The fourth-order valence-corrected chi connectivity index (χ4v) is 1.16. The fourth-order valence-electron chi connectivity index (χ4n) is 1.16. The van der Waals surface area contributed by atoms with Gasteiger partial charge in [-0.3, -0.25) is 4.79 Å². The number of amides is 2. The Labute approximate surface area is 100 Å². The summed E-state index contributed by atoms with van der Waals surface area (Å²) in [5.41, 5.74) is 0.916. The van der Waals surface area contributed by atoms with Crippen molar-refractivity contribution in [2.45, 2.75) is 13.5 Å². The van der Waals surface area contributed by atoms with Crippen molar-refractivity contribution in [3.05, 3.63) is 35.9 Å². The molecule has 0 heterocycles. The van der Waals surface area contributed by atoms with E-state index < -0.39 is 5.97 Å². The molecule has 1 aromatic rings. The third-order valence-corrected chi connectivity index (χ3v) is 1.97. The van der Waals surface area contributed by atoms with E-state index in [0.717, 1.165) is 5.56 Å². The second-order valence-electron chi connectivity index (χ2n) is 3.36. The van der Waals surface area contributed by atoms with E-state index in [1.807, 2.05) is 30.3 Å². The van der Waals surface area contributed by atoms with Crippen LogP contribution in [0.5, 0.6) is 0 Å². The zero-order valence-electron chi connectivity index (χ0n) is 9.73. The van der Waals surface area contributed by atoms with Gasteiger partial charge in [-0.25, -0.2) is 4.79 Å². The first-order valence-corrected chi connectivity index (χ1v) is 5.43. The largest absolute Gasteiger partial charge is 0.460 e. The molecule has 0 atom stereocenters. The third kappa shape index (κ3) is 5.55. The van der Waals surface area contributed by atoms with Crippen LogP contribution in [0.15, 0.2) is 30.3 Å². The Kier molecular flexibility index (Phi) is 5.57. The molecule has 92 valence electrons. The fraction of sp³-hybridized carbons (Fsp3) is 0.333. The molecule has 0 aliphatic rings. The lowest BCUT2D eigenvalue weighted by molar-refractivity contribution is -0.143. The summed E-state index contributed by atoms with van der Waals surface area (Å²) in [5, 5.41) is 4.91. The number of ether oxygens (including phenoxy) is 1. The summed E-state index contributed by atoms with van der Waals surface area (Å²) in [6, 6.07) is 8.99. The lowest BCUT2D eigenvalue weighted by atomic mass is 10.2. The molecule has 17 heavy (non-hydrogen) atoms. The van der Waals surface area contributed by atoms with E-state index in [9.17, 15) is 9.59 Å². The highest BCUT2D eigenvalue weighted by Gasteiger charge is 2.05. The van der Waals surface area contributed by atoms with Gasteiger partial charge in [-0.1, -0.05) is 30.3 Å². The van der Waals surface area contributed by atoms with Crippen LogP contribution < -0.4 is 10.6 Å². The van der Waals surface area contributed by atoms with Crippen LogP contribution in [0.3, 0.4) is 0 Å². The van der Waals surface area contributed by atoms with Crippen molar-refractivity contribution in [2.75, 3.05) is 13.1 Å². The quantitative estimate of drug-likeness (QED) is 0.751. The molecule has 0 saturated heterocycles. The summed E-state index contributed by atoms with van der Waals surface area (Å²) < 4.78 is 4.98. The minimum Gasteiger partial charge on any atom is -0.460 e. The van der Waals surface area contributed by atoms with Crippen molar-refractivity contribution in [3.8, 4) is 0 Å². The maximum Gasteiger partial charge on any atom is 0.325 e. The van der Waals surface area contributed by atoms with Gasteiger partial charge in [0.1, 0.15) is 13.2 Å². The molecule has 5 heteroatoms. The molecule has 1 aromatic carbocycles. The molecular weight excluding hydrogens is 220 g/mol. The summed E-state index contributed by atoms with van der Waals surface area (Å²) in [4.78, 5) is 22.3. The average molecular weight is 236 g/mol. The SMILES string of the molecule is CCNC(=O)NCC(=O)OCc1ccccc1. The molecule has 0 aromatic heterocycles. The first-order chi connectivity index (χ1) is 8.22. The number of rotatable bonds is 5. The van der Waals surface area contributed by atoms with Crippen LogP contribution in [0.2, 0.25) is 0 Å². The van der Waals surface area contributed by atoms with Crippen molar-refractivity contribution in [1.82, 2.24) is 10.6 Å². The maximum absolute atomic E-state index is 11.3. The zero-order valence-corrected chi connectivity index (χ0v) is 9.73. The molecule has 0 unspecified atom stereocenters. The molecule has 0 saturated carbocycles. The molecule has 1 rings (SSSR count). The standard InChI is InChI=1S/C12H16N2O3/c1-2-13-12(16)14-8-11(15)17-9-10-6-4-3-5-7-10/h3-7H,2,8-9H2,1H3,(H2,13,14,16). The van der Waals surface area contributed by atoms with E-state index in [2.05, 4.69) is 10.6 Å². The highest BCUT2D eigenvalue weighted by Crippen LogP contribution is 2.00. The maximum atomic E-state index is 11.3. The van der Waals surface area contributed by atoms with E-state index in [1.54, 1.807) is 6.92 Å². The summed E-state index contributed by atoms with van der Waals surface area (Å²) in [6.45, 7) is 2.41. The van der Waals surface area contributed by atoms with Crippen LogP contribution in [-0.2, 0) is 16.1 Å². The molecule has 0 aliphatic heterocycles. The Morgan fingerprint density at radius 2 is 1.88 bits per heavy atom. The lowest BCUT2D eigenvalue weighted by Gasteiger charge is -2.06. The Morgan fingerprint density at radius 1 is 1.18 bits per heavy atom. The number of carbonyl (C=O) groups excluding carboxylic acids is 2. The number of carbonyl (C=O) groups is 2. The predicted molar refractivity (Wildman–Crippen MR) is 63.3 cm³/mol. The number of hydrogen-bond acceptors (Lipinski definition) is 3. The Morgan fingerprint density at radius 3 is 2.53 bits per heavy atom.